The van der Waals surface area contributed by atoms with Crippen molar-refractivity contribution in [2.45, 2.75) is 57.1 Å². The van der Waals surface area contributed by atoms with Crippen molar-refractivity contribution in [2.75, 3.05) is 13.1 Å². The molecule has 1 aromatic heterocycles. The van der Waals surface area contributed by atoms with E-state index in [1.54, 1.807) is 18.5 Å². The van der Waals surface area contributed by atoms with Crippen LogP contribution in [-0.2, 0) is 0 Å². The molecule has 4 rings (SSSR count). The molecule has 25 heavy (non-hydrogen) atoms. The average Bonchev–Trinajstić information content (AvgIpc) is 2.64. The van der Waals surface area contributed by atoms with E-state index in [-0.39, 0.29) is 24.3 Å². The summed E-state index contributed by atoms with van der Waals surface area (Å²) in [6.07, 6.45) is 12.4. The van der Waals surface area contributed by atoms with Crippen molar-refractivity contribution in [1.82, 2.24) is 9.88 Å². The van der Waals surface area contributed by atoms with E-state index in [2.05, 4.69) is 9.88 Å². The number of aromatic nitrogens is 1. The molecule has 136 valence electrons. The van der Waals surface area contributed by atoms with Gasteiger partial charge in [0.25, 0.3) is 0 Å². The largest absolute Gasteiger partial charge is 0.487 e. The summed E-state index contributed by atoms with van der Waals surface area (Å²) in [6.45, 7) is 2.16. The van der Waals surface area contributed by atoms with Crippen molar-refractivity contribution in [3.8, 4) is 5.75 Å². The summed E-state index contributed by atoms with van der Waals surface area (Å²) in [5, 5.41) is 1.79. The Morgan fingerprint density at radius 3 is 2.52 bits per heavy atom. The van der Waals surface area contributed by atoms with Gasteiger partial charge in [0.15, 0.2) is 11.6 Å². The standard InChI is InChI=1S/C20H25FN2O.ClH/c21-19-12-16-14-22-9-6-15(16)13-20(19)24-18-7-10-23(11-8-18)17-4-2-1-3-5-17;/h6,9,12-14,17-18H,1-5,7-8,10-11H2;1H. The molecule has 2 aromatic rings. The number of hydrogen-bond donors (Lipinski definition) is 0. The average molecular weight is 365 g/mol. The van der Waals surface area contributed by atoms with Gasteiger partial charge in [0.1, 0.15) is 6.10 Å². The number of ether oxygens (including phenoxy) is 1. The number of halogens is 2. The first-order valence-corrected chi connectivity index (χ1v) is 9.23. The summed E-state index contributed by atoms with van der Waals surface area (Å²) in [4.78, 5) is 6.67. The Morgan fingerprint density at radius 2 is 1.76 bits per heavy atom. The summed E-state index contributed by atoms with van der Waals surface area (Å²) >= 11 is 0. The lowest BCUT2D eigenvalue weighted by Gasteiger charge is -2.39. The molecule has 2 aliphatic rings. The van der Waals surface area contributed by atoms with Crippen LogP contribution in [0.15, 0.2) is 30.6 Å². The number of pyridine rings is 1. The highest BCUT2D eigenvalue weighted by atomic mass is 35.5. The van der Waals surface area contributed by atoms with E-state index in [9.17, 15) is 4.39 Å². The van der Waals surface area contributed by atoms with Gasteiger partial charge in [-0.2, -0.15) is 0 Å². The Kier molecular flexibility index (Phi) is 6.13. The topological polar surface area (TPSA) is 25.4 Å². The number of rotatable bonds is 3. The highest BCUT2D eigenvalue weighted by Crippen LogP contribution is 2.29. The SMILES string of the molecule is Cl.Fc1cc2cnccc2cc1OC1CCN(C2CCCCC2)CC1. The lowest BCUT2D eigenvalue weighted by atomic mass is 9.92. The molecule has 0 radical (unpaired) electrons. The molecule has 2 heterocycles. The quantitative estimate of drug-likeness (QED) is 0.768. The zero-order valence-corrected chi connectivity index (χ0v) is 15.3. The second-order valence-corrected chi connectivity index (χ2v) is 7.15. The minimum atomic E-state index is -0.287. The van der Waals surface area contributed by atoms with Crippen molar-refractivity contribution < 1.29 is 9.13 Å². The van der Waals surface area contributed by atoms with Crippen molar-refractivity contribution in [1.29, 1.82) is 0 Å². The highest BCUT2D eigenvalue weighted by Gasteiger charge is 2.27. The maximum absolute atomic E-state index is 14.3. The highest BCUT2D eigenvalue weighted by molar-refractivity contribution is 5.85. The van der Waals surface area contributed by atoms with E-state index < -0.39 is 0 Å². The molecule has 1 saturated carbocycles. The monoisotopic (exact) mass is 364 g/mol. The van der Waals surface area contributed by atoms with Crippen molar-refractivity contribution in [2.24, 2.45) is 0 Å². The summed E-state index contributed by atoms with van der Waals surface area (Å²) in [7, 11) is 0. The predicted molar refractivity (Wildman–Crippen MR) is 101 cm³/mol. The minimum absolute atomic E-state index is 0. The number of benzene rings is 1. The third-order valence-electron chi connectivity index (χ3n) is 5.55. The molecule has 1 aliphatic heterocycles. The van der Waals surface area contributed by atoms with E-state index in [1.165, 1.54) is 38.2 Å². The molecule has 0 spiro atoms. The zero-order valence-electron chi connectivity index (χ0n) is 14.5. The van der Waals surface area contributed by atoms with Crippen LogP contribution in [0.25, 0.3) is 10.8 Å². The molecule has 1 aromatic carbocycles. The van der Waals surface area contributed by atoms with Crippen molar-refractivity contribution >= 4 is 23.2 Å². The van der Waals surface area contributed by atoms with Gasteiger partial charge in [0, 0.05) is 36.9 Å². The second-order valence-electron chi connectivity index (χ2n) is 7.15. The van der Waals surface area contributed by atoms with Gasteiger partial charge in [-0.25, -0.2) is 4.39 Å². The third-order valence-corrected chi connectivity index (χ3v) is 5.55. The molecule has 0 atom stereocenters. The fourth-order valence-electron chi connectivity index (χ4n) is 4.16. The van der Waals surface area contributed by atoms with Gasteiger partial charge in [0.2, 0.25) is 0 Å². The van der Waals surface area contributed by atoms with E-state index in [1.807, 2.05) is 6.07 Å². The van der Waals surface area contributed by atoms with E-state index in [0.29, 0.717) is 5.75 Å². The Morgan fingerprint density at radius 1 is 1.00 bits per heavy atom. The van der Waals surface area contributed by atoms with E-state index in [4.69, 9.17) is 4.74 Å². The molecule has 1 aliphatic carbocycles. The fourth-order valence-corrected chi connectivity index (χ4v) is 4.16. The molecular weight excluding hydrogens is 339 g/mol. The van der Waals surface area contributed by atoms with Gasteiger partial charge in [-0.3, -0.25) is 4.98 Å². The van der Waals surface area contributed by atoms with Gasteiger partial charge < -0.3 is 9.64 Å². The molecule has 0 unspecified atom stereocenters. The lowest BCUT2D eigenvalue weighted by Crippen LogP contribution is -2.44. The van der Waals surface area contributed by atoms with Gasteiger partial charge >= 0.3 is 0 Å². The molecule has 2 fully saturated rings. The van der Waals surface area contributed by atoms with Crippen LogP contribution in [0.1, 0.15) is 44.9 Å². The normalized spacial score (nSPS) is 20.4. The van der Waals surface area contributed by atoms with Crippen molar-refractivity contribution in [3.63, 3.8) is 0 Å². The molecule has 0 bridgehead atoms. The molecule has 5 heteroatoms. The summed E-state index contributed by atoms with van der Waals surface area (Å²) in [5.74, 6) is 0.0926. The number of hydrogen-bond acceptors (Lipinski definition) is 3. The zero-order chi connectivity index (χ0) is 16.4. The van der Waals surface area contributed by atoms with Crippen LogP contribution < -0.4 is 4.74 Å². The number of fused-ring (bicyclic) bond motifs is 1. The van der Waals surface area contributed by atoms with Gasteiger partial charge in [-0.05, 0) is 49.3 Å². The first-order valence-electron chi connectivity index (χ1n) is 9.23. The van der Waals surface area contributed by atoms with Gasteiger partial charge in [-0.1, -0.05) is 19.3 Å². The Bertz CT molecular complexity index is 697. The molecule has 3 nitrogen and oxygen atoms in total. The van der Waals surface area contributed by atoms with Crippen LogP contribution >= 0.6 is 12.4 Å². The maximum atomic E-state index is 14.3. The molecule has 0 N–H and O–H groups in total. The summed E-state index contributed by atoms with van der Waals surface area (Å²) < 4.78 is 20.3. The smallest absolute Gasteiger partial charge is 0.165 e. The van der Waals surface area contributed by atoms with Crippen molar-refractivity contribution in [3.05, 3.63) is 36.4 Å². The van der Waals surface area contributed by atoms with E-state index >= 15 is 0 Å². The molecular formula is C20H26ClFN2O. The van der Waals surface area contributed by atoms with E-state index in [0.717, 1.165) is 42.7 Å². The Hall–Kier alpha value is -1.39. The number of nitrogens with zero attached hydrogens (tertiary/aromatic N) is 2. The Balaban J connectivity index is 0.00000182. The van der Waals surface area contributed by atoms with Crippen LogP contribution in [0.5, 0.6) is 5.75 Å². The number of likely N-dealkylation sites (tertiary alicyclic amines) is 1. The number of piperidine rings is 1. The summed E-state index contributed by atoms with van der Waals surface area (Å²) in [5.41, 5.74) is 0. The minimum Gasteiger partial charge on any atom is -0.487 e. The molecule has 0 amide bonds. The first kappa shape index (κ1) is 18.4. The second kappa shape index (κ2) is 8.33. The van der Waals surface area contributed by atoms with Crippen LogP contribution in [0, 0.1) is 5.82 Å². The van der Waals surface area contributed by atoms with Crippen LogP contribution in [0.3, 0.4) is 0 Å². The third kappa shape index (κ3) is 4.24. The summed E-state index contributed by atoms with van der Waals surface area (Å²) in [6, 6.07) is 5.99. The Labute approximate surface area is 155 Å². The fraction of sp³-hybridized carbons (Fsp3) is 0.550. The van der Waals surface area contributed by atoms with Crippen LogP contribution in [-0.4, -0.2) is 35.1 Å². The van der Waals surface area contributed by atoms with Crippen LogP contribution in [0.4, 0.5) is 4.39 Å². The molecule has 1 saturated heterocycles. The van der Waals surface area contributed by atoms with Gasteiger partial charge in [-0.15, -0.1) is 12.4 Å². The predicted octanol–water partition coefficient (Wildman–Crippen LogP) is 4.97. The lowest BCUT2D eigenvalue weighted by molar-refractivity contribution is 0.0612. The van der Waals surface area contributed by atoms with Crippen LogP contribution in [0.2, 0.25) is 0 Å². The maximum Gasteiger partial charge on any atom is 0.165 e. The first-order chi connectivity index (χ1) is 11.8. The van der Waals surface area contributed by atoms with Gasteiger partial charge in [0.05, 0.1) is 0 Å².